The van der Waals surface area contributed by atoms with E-state index in [9.17, 15) is 9.59 Å². The Bertz CT molecular complexity index is 634. The zero-order chi connectivity index (χ0) is 15.2. The SMILES string of the molecule is O=C(Nc1ccc2cn[nH]c2c1)C(=O)N(CCO)CCO. The van der Waals surface area contributed by atoms with Gasteiger partial charge in [0, 0.05) is 24.2 Å². The number of rotatable bonds is 5. The summed E-state index contributed by atoms with van der Waals surface area (Å²) in [5, 5.41) is 27.7. The molecule has 0 unspecified atom stereocenters. The van der Waals surface area contributed by atoms with E-state index in [1.54, 1.807) is 24.4 Å². The lowest BCUT2D eigenvalue weighted by molar-refractivity contribution is -0.143. The van der Waals surface area contributed by atoms with Gasteiger partial charge in [0.15, 0.2) is 0 Å². The quantitative estimate of drug-likeness (QED) is 0.544. The Morgan fingerprint density at radius 1 is 1.24 bits per heavy atom. The van der Waals surface area contributed by atoms with E-state index in [2.05, 4.69) is 15.5 Å². The van der Waals surface area contributed by atoms with Crippen LogP contribution in [0.2, 0.25) is 0 Å². The average molecular weight is 292 g/mol. The molecule has 1 aromatic heterocycles. The van der Waals surface area contributed by atoms with E-state index in [0.717, 1.165) is 15.8 Å². The van der Waals surface area contributed by atoms with Crippen LogP contribution in [-0.2, 0) is 9.59 Å². The molecule has 0 bridgehead atoms. The van der Waals surface area contributed by atoms with Gasteiger partial charge < -0.3 is 20.4 Å². The summed E-state index contributed by atoms with van der Waals surface area (Å²) >= 11 is 0. The summed E-state index contributed by atoms with van der Waals surface area (Å²) in [7, 11) is 0. The van der Waals surface area contributed by atoms with Gasteiger partial charge in [-0.15, -0.1) is 0 Å². The number of H-pyrrole nitrogens is 1. The van der Waals surface area contributed by atoms with Crippen LogP contribution in [0, 0.1) is 0 Å². The summed E-state index contributed by atoms with van der Waals surface area (Å²) in [6.07, 6.45) is 1.65. The fourth-order valence-corrected chi connectivity index (χ4v) is 1.90. The van der Waals surface area contributed by atoms with Crippen molar-refractivity contribution in [1.82, 2.24) is 15.1 Å². The van der Waals surface area contributed by atoms with Gasteiger partial charge in [-0.1, -0.05) is 0 Å². The third kappa shape index (κ3) is 3.56. The number of fused-ring (bicyclic) bond motifs is 1. The largest absolute Gasteiger partial charge is 0.395 e. The van der Waals surface area contributed by atoms with Gasteiger partial charge >= 0.3 is 11.8 Å². The van der Waals surface area contributed by atoms with Crippen LogP contribution in [0.3, 0.4) is 0 Å². The lowest BCUT2D eigenvalue weighted by atomic mass is 10.2. The predicted octanol–water partition coefficient (Wildman–Crippen LogP) is -0.685. The third-order valence-corrected chi connectivity index (χ3v) is 2.92. The fourth-order valence-electron chi connectivity index (χ4n) is 1.90. The number of anilines is 1. The molecule has 0 radical (unpaired) electrons. The molecule has 0 saturated carbocycles. The number of hydrogen-bond donors (Lipinski definition) is 4. The van der Waals surface area contributed by atoms with E-state index in [-0.39, 0.29) is 26.3 Å². The molecule has 1 heterocycles. The Labute approximate surface area is 120 Å². The van der Waals surface area contributed by atoms with Gasteiger partial charge in [0.1, 0.15) is 0 Å². The Morgan fingerprint density at radius 2 is 1.95 bits per heavy atom. The van der Waals surface area contributed by atoms with Crippen molar-refractivity contribution in [2.75, 3.05) is 31.6 Å². The smallest absolute Gasteiger partial charge is 0.313 e. The molecule has 2 amide bonds. The van der Waals surface area contributed by atoms with Crippen molar-refractivity contribution in [3.8, 4) is 0 Å². The summed E-state index contributed by atoms with van der Waals surface area (Å²) in [5.41, 5.74) is 1.20. The fraction of sp³-hybridized carbons (Fsp3) is 0.308. The number of nitrogens with zero attached hydrogens (tertiary/aromatic N) is 2. The number of nitrogens with one attached hydrogen (secondary N) is 2. The van der Waals surface area contributed by atoms with Crippen molar-refractivity contribution >= 4 is 28.4 Å². The molecule has 8 nitrogen and oxygen atoms in total. The van der Waals surface area contributed by atoms with Gasteiger partial charge in [-0.2, -0.15) is 5.10 Å². The highest BCUT2D eigenvalue weighted by molar-refractivity contribution is 6.39. The number of carbonyl (C=O) groups excluding carboxylic acids is 2. The van der Waals surface area contributed by atoms with Crippen LogP contribution < -0.4 is 5.32 Å². The molecule has 2 aromatic rings. The van der Waals surface area contributed by atoms with Crippen LogP contribution in [0.5, 0.6) is 0 Å². The Balaban J connectivity index is 2.06. The summed E-state index contributed by atoms with van der Waals surface area (Å²) in [5.74, 6) is -1.63. The number of hydrogen-bond acceptors (Lipinski definition) is 5. The number of carbonyl (C=O) groups is 2. The minimum Gasteiger partial charge on any atom is -0.395 e. The topological polar surface area (TPSA) is 119 Å². The standard InChI is InChI=1S/C13H16N4O4/c18-5-3-17(4-6-19)13(21)12(20)15-10-2-1-9-8-14-16-11(9)7-10/h1-2,7-8,18-19H,3-6H2,(H,14,16)(H,15,20). The number of aliphatic hydroxyl groups is 2. The molecule has 0 fully saturated rings. The Hall–Kier alpha value is -2.45. The summed E-state index contributed by atoms with van der Waals surface area (Å²) in [6.45, 7) is -0.572. The Morgan fingerprint density at radius 3 is 2.62 bits per heavy atom. The maximum atomic E-state index is 11.9. The molecule has 0 aliphatic heterocycles. The van der Waals surface area contributed by atoms with Crippen LogP contribution in [0.15, 0.2) is 24.4 Å². The Kier molecular flexibility index (Phi) is 4.85. The van der Waals surface area contributed by atoms with Crippen molar-refractivity contribution < 1.29 is 19.8 Å². The molecule has 112 valence electrons. The molecule has 0 atom stereocenters. The third-order valence-electron chi connectivity index (χ3n) is 2.92. The van der Waals surface area contributed by atoms with E-state index < -0.39 is 11.8 Å². The van der Waals surface area contributed by atoms with E-state index in [1.165, 1.54) is 0 Å². The second kappa shape index (κ2) is 6.82. The number of benzene rings is 1. The van der Waals surface area contributed by atoms with Crippen molar-refractivity contribution in [3.63, 3.8) is 0 Å². The first-order valence-corrected chi connectivity index (χ1v) is 6.41. The normalized spacial score (nSPS) is 10.6. The number of aromatic amines is 1. The molecule has 2 rings (SSSR count). The molecule has 8 heteroatoms. The summed E-state index contributed by atoms with van der Waals surface area (Å²) in [4.78, 5) is 24.9. The highest BCUT2D eigenvalue weighted by Crippen LogP contribution is 2.16. The summed E-state index contributed by atoms with van der Waals surface area (Å²) < 4.78 is 0. The molecular formula is C13H16N4O4. The zero-order valence-corrected chi connectivity index (χ0v) is 11.2. The monoisotopic (exact) mass is 292 g/mol. The highest BCUT2D eigenvalue weighted by Gasteiger charge is 2.21. The van der Waals surface area contributed by atoms with Crippen LogP contribution in [0.1, 0.15) is 0 Å². The molecule has 1 aromatic carbocycles. The van der Waals surface area contributed by atoms with Crippen LogP contribution in [0.25, 0.3) is 10.9 Å². The van der Waals surface area contributed by atoms with Crippen LogP contribution in [0.4, 0.5) is 5.69 Å². The minimum atomic E-state index is -0.823. The lowest BCUT2D eigenvalue weighted by Crippen LogP contribution is -2.42. The van der Waals surface area contributed by atoms with Crippen molar-refractivity contribution in [1.29, 1.82) is 0 Å². The van der Waals surface area contributed by atoms with E-state index in [4.69, 9.17) is 10.2 Å². The molecule has 0 spiro atoms. The molecule has 21 heavy (non-hydrogen) atoms. The van der Waals surface area contributed by atoms with Gasteiger partial charge in [-0.3, -0.25) is 14.7 Å². The molecular weight excluding hydrogens is 276 g/mol. The van der Waals surface area contributed by atoms with Gasteiger partial charge in [0.2, 0.25) is 0 Å². The predicted molar refractivity (Wildman–Crippen MR) is 75.5 cm³/mol. The minimum absolute atomic E-state index is 0.00754. The van der Waals surface area contributed by atoms with Gasteiger partial charge in [0.05, 0.1) is 24.9 Å². The second-order valence-electron chi connectivity index (χ2n) is 4.37. The van der Waals surface area contributed by atoms with Crippen LogP contribution in [-0.4, -0.2) is 63.4 Å². The second-order valence-corrected chi connectivity index (χ2v) is 4.37. The zero-order valence-electron chi connectivity index (χ0n) is 11.2. The van der Waals surface area contributed by atoms with Crippen LogP contribution >= 0.6 is 0 Å². The van der Waals surface area contributed by atoms with Crippen molar-refractivity contribution in [3.05, 3.63) is 24.4 Å². The van der Waals surface area contributed by atoms with Gasteiger partial charge in [-0.25, -0.2) is 0 Å². The average Bonchev–Trinajstić information content (AvgIpc) is 2.93. The van der Waals surface area contributed by atoms with E-state index >= 15 is 0 Å². The number of amides is 2. The number of aliphatic hydroxyl groups excluding tert-OH is 2. The van der Waals surface area contributed by atoms with E-state index in [1.807, 2.05) is 0 Å². The number of aromatic nitrogens is 2. The first kappa shape index (κ1) is 14.9. The van der Waals surface area contributed by atoms with Crippen molar-refractivity contribution in [2.45, 2.75) is 0 Å². The molecule has 0 aliphatic carbocycles. The van der Waals surface area contributed by atoms with Gasteiger partial charge in [0.25, 0.3) is 0 Å². The highest BCUT2D eigenvalue weighted by atomic mass is 16.3. The maximum Gasteiger partial charge on any atom is 0.313 e. The summed E-state index contributed by atoms with van der Waals surface area (Å²) in [6, 6.07) is 5.08. The maximum absolute atomic E-state index is 11.9. The molecule has 0 aliphatic rings. The first-order chi connectivity index (χ1) is 10.2. The molecule has 4 N–H and O–H groups in total. The van der Waals surface area contributed by atoms with E-state index in [0.29, 0.717) is 5.69 Å². The van der Waals surface area contributed by atoms with Gasteiger partial charge in [-0.05, 0) is 18.2 Å². The van der Waals surface area contributed by atoms with Crippen molar-refractivity contribution in [2.24, 2.45) is 0 Å². The molecule has 0 saturated heterocycles. The first-order valence-electron chi connectivity index (χ1n) is 6.41. The lowest BCUT2D eigenvalue weighted by Gasteiger charge is -2.19.